The van der Waals surface area contributed by atoms with Gasteiger partial charge >= 0.3 is 0 Å². The summed E-state index contributed by atoms with van der Waals surface area (Å²) in [6, 6.07) is 11.3. The molecular weight excluding hydrogens is 838 g/mol. The monoisotopic (exact) mass is 895 g/mol. The molecule has 5 amide bonds. The van der Waals surface area contributed by atoms with Gasteiger partial charge in [0.1, 0.15) is 11.9 Å². The number of carbonyl (C=O) groups is 5. The first-order valence-corrected chi connectivity index (χ1v) is 22.1. The van der Waals surface area contributed by atoms with E-state index < -0.39 is 29.7 Å². The van der Waals surface area contributed by atoms with Crippen molar-refractivity contribution in [1.29, 1.82) is 0 Å². The van der Waals surface area contributed by atoms with E-state index >= 15 is 0 Å². The van der Waals surface area contributed by atoms with Gasteiger partial charge in [0, 0.05) is 69.2 Å². The predicted molar refractivity (Wildman–Crippen MR) is 248 cm³/mol. The van der Waals surface area contributed by atoms with E-state index in [-0.39, 0.29) is 58.6 Å². The molecule has 340 valence electrons. The maximum Gasteiger partial charge on any atom is 0.293 e. The number of aliphatic imine (C=N–C) groups is 1. The number of carbonyl (C=O) groups excluding carboxylic acids is 5. The lowest BCUT2D eigenvalue weighted by atomic mass is 9.71. The van der Waals surface area contributed by atoms with Crippen LogP contribution in [0, 0.1) is 10.8 Å². The van der Waals surface area contributed by atoms with Gasteiger partial charge in [0.15, 0.2) is 18.2 Å². The lowest BCUT2D eigenvalue weighted by Gasteiger charge is -2.55. The van der Waals surface area contributed by atoms with E-state index in [1.165, 1.54) is 7.05 Å². The molecule has 0 radical (unpaired) electrons. The number of likely N-dealkylation sites (tertiary alicyclic amines) is 1. The van der Waals surface area contributed by atoms with Crippen LogP contribution in [0.4, 0.5) is 11.4 Å². The number of benzene rings is 2. The third kappa shape index (κ3) is 9.43. The van der Waals surface area contributed by atoms with Crippen molar-refractivity contribution in [2.45, 2.75) is 71.9 Å². The molecule has 5 heterocycles. The highest BCUT2D eigenvalue weighted by atomic mass is 35.5. The topological polar surface area (TPSA) is 178 Å². The summed E-state index contributed by atoms with van der Waals surface area (Å²) in [4.78, 5) is 89.0. The average molecular weight is 896 g/mol. The zero-order chi connectivity index (χ0) is 46.2. The molecule has 1 unspecified atom stereocenters. The number of imide groups is 2. The van der Waals surface area contributed by atoms with Crippen LogP contribution in [0.15, 0.2) is 76.3 Å². The summed E-state index contributed by atoms with van der Waals surface area (Å²) < 4.78 is 7.24. The Morgan fingerprint density at radius 2 is 1.78 bits per heavy atom. The first kappa shape index (κ1) is 46.0. The van der Waals surface area contributed by atoms with Crippen LogP contribution in [0.2, 0.25) is 0 Å². The molecule has 16 nitrogen and oxygen atoms in total. The number of anilines is 2. The van der Waals surface area contributed by atoms with Crippen LogP contribution in [0.3, 0.4) is 0 Å². The molecule has 17 heteroatoms. The molecule has 3 aromatic rings. The summed E-state index contributed by atoms with van der Waals surface area (Å²) in [7, 11) is 3.45. The Hall–Kier alpha value is -6.00. The van der Waals surface area contributed by atoms with Crippen molar-refractivity contribution in [1.82, 2.24) is 29.9 Å². The van der Waals surface area contributed by atoms with Crippen molar-refractivity contribution in [3.63, 3.8) is 0 Å². The third-order valence-corrected chi connectivity index (χ3v) is 13.1. The minimum Gasteiger partial charge on any atom is -0.478 e. The number of hydrogen-bond donors (Lipinski definition) is 3. The number of nitrogens with one attached hydrogen (secondary N) is 3. The van der Waals surface area contributed by atoms with Crippen LogP contribution >= 0.6 is 11.6 Å². The number of piperidine rings is 2. The Bertz CT molecular complexity index is 2510. The third-order valence-electron chi connectivity index (χ3n) is 12.9. The number of rotatable bonds is 15. The highest BCUT2D eigenvalue weighted by molar-refractivity contribution is 6.44. The van der Waals surface area contributed by atoms with Crippen molar-refractivity contribution in [2.75, 3.05) is 70.2 Å². The molecular formula is C47H58ClN9O7. The van der Waals surface area contributed by atoms with Gasteiger partial charge in [0.05, 0.1) is 27.4 Å². The van der Waals surface area contributed by atoms with Gasteiger partial charge in [0.25, 0.3) is 23.3 Å². The first-order chi connectivity index (χ1) is 30.3. The number of halogens is 1. The molecule has 1 atom stereocenters. The number of amides is 5. The van der Waals surface area contributed by atoms with Crippen LogP contribution in [0.25, 0.3) is 10.9 Å². The average Bonchev–Trinajstić information content (AvgIpc) is 3.49. The minimum atomic E-state index is -0.993. The number of aromatic nitrogens is 1. The van der Waals surface area contributed by atoms with Gasteiger partial charge in [0.2, 0.25) is 11.8 Å². The fourth-order valence-electron chi connectivity index (χ4n) is 9.22. The number of nitrogens with zero attached hydrogens (tertiary/aromatic N) is 6. The van der Waals surface area contributed by atoms with Gasteiger partial charge in [-0.3, -0.25) is 39.0 Å². The van der Waals surface area contributed by atoms with E-state index in [9.17, 15) is 28.8 Å². The van der Waals surface area contributed by atoms with Gasteiger partial charge in [-0.1, -0.05) is 44.7 Å². The number of fused-ring (bicyclic) bond motifs is 2. The highest BCUT2D eigenvalue weighted by Gasteiger charge is 2.50. The van der Waals surface area contributed by atoms with E-state index in [1.54, 1.807) is 22.8 Å². The predicted octanol–water partition coefficient (Wildman–Crippen LogP) is 5.09. The fourth-order valence-corrected chi connectivity index (χ4v) is 9.31. The van der Waals surface area contributed by atoms with Crippen LogP contribution < -0.4 is 31.1 Å². The number of likely N-dealkylation sites (N-methyl/N-ethyl adjacent to an activating group) is 1. The highest BCUT2D eigenvalue weighted by Crippen LogP contribution is 2.46. The molecule has 4 aliphatic rings. The Labute approximate surface area is 378 Å². The Morgan fingerprint density at radius 1 is 1.06 bits per heavy atom. The van der Waals surface area contributed by atoms with Gasteiger partial charge in [-0.25, -0.2) is 4.99 Å². The van der Waals surface area contributed by atoms with E-state index in [2.05, 4.69) is 52.8 Å². The van der Waals surface area contributed by atoms with E-state index in [0.29, 0.717) is 40.5 Å². The molecule has 64 heavy (non-hydrogen) atoms. The summed E-state index contributed by atoms with van der Waals surface area (Å²) in [6.07, 6.45) is 3.13. The van der Waals surface area contributed by atoms with Crippen LogP contribution in [-0.4, -0.2) is 121 Å². The van der Waals surface area contributed by atoms with Crippen LogP contribution in [-0.2, 0) is 14.4 Å². The molecule has 2 aromatic carbocycles. The van der Waals surface area contributed by atoms with Crippen molar-refractivity contribution >= 4 is 69.3 Å². The van der Waals surface area contributed by atoms with Crippen molar-refractivity contribution < 1.29 is 28.7 Å². The van der Waals surface area contributed by atoms with Crippen molar-refractivity contribution in [2.24, 2.45) is 15.8 Å². The second-order valence-electron chi connectivity index (χ2n) is 18.5. The molecule has 0 bridgehead atoms. The SMILES string of the molecule is C=C(Cl)/C(=N\C(=C)N(C)CCC(C)(C)CN1CCC2(CC1)CN(c1cccc3c1C(=O)N(C1CCC(=O)NC1=O)C3=O)C2)Nc1ccc2c(c1)cc(OCC(=O)NC)c(=O)n2C(C)C. The van der Waals surface area contributed by atoms with Gasteiger partial charge in [-0.05, 0) is 94.4 Å². The zero-order valence-corrected chi connectivity index (χ0v) is 38.3. The van der Waals surface area contributed by atoms with Gasteiger partial charge < -0.3 is 34.6 Å². The summed E-state index contributed by atoms with van der Waals surface area (Å²) in [5.41, 5.74) is 2.52. The molecule has 3 saturated heterocycles. The lowest BCUT2D eigenvalue weighted by Crippen LogP contribution is -2.61. The normalized spacial score (nSPS) is 18.9. The van der Waals surface area contributed by atoms with Crippen molar-refractivity contribution in [3.05, 3.63) is 88.0 Å². The second kappa shape index (κ2) is 18.2. The number of ether oxygens (including phenoxy) is 1. The van der Waals surface area contributed by atoms with Crippen molar-refractivity contribution in [3.8, 4) is 5.75 Å². The van der Waals surface area contributed by atoms with E-state index in [1.807, 2.05) is 50.1 Å². The summed E-state index contributed by atoms with van der Waals surface area (Å²) in [6.45, 7) is 21.4. The standard InChI is InChI=1S/C47H58ClN9O7/c1-28(2)56-34-13-12-32(22-31(34)23-37(44(56)62)64-24-39(59)49-7)51-41(29(3)48)50-30(4)53(8)19-16-46(5,6)25-54-20-17-47(18-21-54)26-55(27-47)35-11-9-10-33-40(35)45(63)57(43(33)61)36-14-15-38(58)52-42(36)60/h9-13,22-23,28,36H,3-4,14-21,24-27H2,1-2,5-8H3,(H,49,59)(H,50,51)(H,52,58,60). The molecule has 1 spiro atoms. The first-order valence-electron chi connectivity index (χ1n) is 21.8. The quantitative estimate of drug-likeness (QED) is 0.105. The zero-order valence-electron chi connectivity index (χ0n) is 37.5. The van der Waals surface area contributed by atoms with Crippen LogP contribution in [0.5, 0.6) is 5.75 Å². The van der Waals surface area contributed by atoms with Gasteiger partial charge in [-0.2, -0.15) is 0 Å². The second-order valence-corrected chi connectivity index (χ2v) is 19.0. The Kier molecular flexibility index (Phi) is 13.1. The molecule has 0 aliphatic carbocycles. The molecule has 3 N–H and O–H groups in total. The van der Waals surface area contributed by atoms with E-state index in [4.69, 9.17) is 21.3 Å². The number of hydrogen-bond acceptors (Lipinski definition) is 11. The molecule has 0 saturated carbocycles. The lowest BCUT2D eigenvalue weighted by molar-refractivity contribution is -0.136. The summed E-state index contributed by atoms with van der Waals surface area (Å²) in [5.74, 6) is -1.42. The largest absolute Gasteiger partial charge is 0.478 e. The molecule has 3 fully saturated rings. The maximum absolute atomic E-state index is 13.7. The van der Waals surface area contributed by atoms with Gasteiger partial charge in [-0.15, -0.1) is 0 Å². The summed E-state index contributed by atoms with van der Waals surface area (Å²) >= 11 is 6.46. The minimum absolute atomic E-state index is 0.0116. The maximum atomic E-state index is 13.7. The molecule has 4 aliphatic heterocycles. The summed E-state index contributed by atoms with van der Waals surface area (Å²) in [5, 5.41) is 8.93. The molecule has 7 rings (SSSR count). The fraction of sp³-hybridized carbons (Fsp3) is 0.468. The van der Waals surface area contributed by atoms with E-state index in [0.717, 1.165) is 68.0 Å². The molecule has 1 aromatic heterocycles. The Morgan fingerprint density at radius 3 is 2.44 bits per heavy atom. The smallest absolute Gasteiger partial charge is 0.293 e. The number of pyridine rings is 1. The number of amidine groups is 1. The Balaban J connectivity index is 0.916. The van der Waals surface area contributed by atoms with Crippen LogP contribution in [0.1, 0.15) is 86.6 Å².